The lowest BCUT2D eigenvalue weighted by molar-refractivity contribution is -0.0654. The minimum Gasteiger partial charge on any atom is -0.485 e. The molecule has 0 spiro atoms. The zero-order chi connectivity index (χ0) is 19.3. The molecule has 2 aromatic rings. The smallest absolute Gasteiger partial charge is 0.131 e. The molecule has 2 heterocycles. The van der Waals surface area contributed by atoms with E-state index in [2.05, 4.69) is 23.3 Å². The summed E-state index contributed by atoms with van der Waals surface area (Å²) in [5.41, 5.74) is 3.57. The Morgan fingerprint density at radius 1 is 1.33 bits per heavy atom. The van der Waals surface area contributed by atoms with Gasteiger partial charge in [-0.1, -0.05) is 23.3 Å². The number of aliphatic hydroxyl groups is 1. The van der Waals surface area contributed by atoms with E-state index in [1.54, 1.807) is 0 Å². The van der Waals surface area contributed by atoms with Crippen molar-refractivity contribution in [2.45, 2.75) is 70.7 Å². The number of pyridine rings is 1. The van der Waals surface area contributed by atoms with Crippen molar-refractivity contribution in [1.29, 1.82) is 0 Å². The molecule has 144 valence electrons. The summed E-state index contributed by atoms with van der Waals surface area (Å²) >= 11 is 6.17. The molecular formula is C22H27ClN2O2. The summed E-state index contributed by atoms with van der Waals surface area (Å²) in [5.74, 6) is 0.801. The summed E-state index contributed by atoms with van der Waals surface area (Å²) in [6.45, 7) is 8.07. The Morgan fingerprint density at radius 3 is 2.81 bits per heavy atom. The number of nitrogens with zero attached hydrogens (tertiary/aromatic N) is 1. The van der Waals surface area contributed by atoms with Crippen molar-refractivity contribution in [3.05, 3.63) is 46.1 Å². The van der Waals surface area contributed by atoms with Crippen molar-refractivity contribution in [3.63, 3.8) is 0 Å². The number of fused-ring (bicyclic) bond motifs is 2. The molecule has 1 aliphatic carbocycles. The largest absolute Gasteiger partial charge is 0.485 e. The van der Waals surface area contributed by atoms with Gasteiger partial charge in [0.25, 0.3) is 0 Å². The summed E-state index contributed by atoms with van der Waals surface area (Å²) in [7, 11) is 0. The lowest BCUT2D eigenvalue weighted by Crippen LogP contribution is -2.54. The van der Waals surface area contributed by atoms with Gasteiger partial charge in [0.1, 0.15) is 22.6 Å². The number of aromatic nitrogens is 1. The number of aliphatic hydroxyl groups excluding tert-OH is 1. The van der Waals surface area contributed by atoms with Crippen LogP contribution in [0, 0.1) is 6.92 Å². The van der Waals surface area contributed by atoms with E-state index in [1.165, 1.54) is 12.0 Å². The normalized spacial score (nSPS) is 25.0. The van der Waals surface area contributed by atoms with E-state index in [0.29, 0.717) is 5.15 Å². The lowest BCUT2D eigenvalue weighted by atomic mass is 9.85. The molecule has 5 heteroatoms. The average Bonchev–Trinajstić information content (AvgIpc) is 3.12. The quantitative estimate of drug-likeness (QED) is 0.584. The Balaban J connectivity index is 1.80. The summed E-state index contributed by atoms with van der Waals surface area (Å²) < 4.78 is 6.20. The van der Waals surface area contributed by atoms with Crippen molar-refractivity contribution < 1.29 is 9.84 Å². The predicted molar refractivity (Wildman–Crippen MR) is 109 cm³/mol. The average molecular weight is 387 g/mol. The molecule has 27 heavy (non-hydrogen) atoms. The Labute approximate surface area is 165 Å². The molecule has 2 aliphatic rings. The van der Waals surface area contributed by atoms with Crippen molar-refractivity contribution >= 4 is 22.5 Å². The highest BCUT2D eigenvalue weighted by molar-refractivity contribution is 6.29. The Bertz CT molecular complexity index is 922. The van der Waals surface area contributed by atoms with E-state index in [4.69, 9.17) is 16.3 Å². The molecule has 1 aromatic carbocycles. The number of benzene rings is 1. The zero-order valence-corrected chi connectivity index (χ0v) is 17.1. The predicted octanol–water partition coefficient (Wildman–Crippen LogP) is 4.86. The second kappa shape index (κ2) is 6.77. The summed E-state index contributed by atoms with van der Waals surface area (Å²) in [4.78, 5) is 4.49. The van der Waals surface area contributed by atoms with E-state index in [0.717, 1.165) is 40.6 Å². The van der Waals surface area contributed by atoms with Gasteiger partial charge >= 0.3 is 0 Å². The molecule has 1 aromatic heterocycles. The number of allylic oxidation sites excluding steroid dienone is 1. The van der Waals surface area contributed by atoms with Gasteiger partial charge in [-0.2, -0.15) is 0 Å². The minimum absolute atomic E-state index is 0.207. The second-order valence-corrected chi connectivity index (χ2v) is 8.74. The van der Waals surface area contributed by atoms with Crippen LogP contribution in [0.2, 0.25) is 5.15 Å². The van der Waals surface area contributed by atoms with Gasteiger partial charge in [0, 0.05) is 17.0 Å². The monoisotopic (exact) mass is 386 g/mol. The molecule has 0 saturated heterocycles. The molecular weight excluding hydrogens is 360 g/mol. The molecule has 0 fully saturated rings. The van der Waals surface area contributed by atoms with Crippen molar-refractivity contribution in [1.82, 2.24) is 10.3 Å². The van der Waals surface area contributed by atoms with E-state index >= 15 is 0 Å². The topological polar surface area (TPSA) is 54.4 Å². The van der Waals surface area contributed by atoms with Crippen LogP contribution in [0.25, 0.3) is 10.9 Å². The Hall–Kier alpha value is -1.62. The highest BCUT2D eigenvalue weighted by Crippen LogP contribution is 2.43. The van der Waals surface area contributed by atoms with Gasteiger partial charge in [0.15, 0.2) is 0 Å². The number of halogens is 1. The first kappa shape index (κ1) is 18.7. The molecule has 2 N–H and O–H groups in total. The minimum atomic E-state index is -0.685. The molecule has 1 aliphatic heterocycles. The van der Waals surface area contributed by atoms with Gasteiger partial charge in [0.05, 0.1) is 11.6 Å². The highest BCUT2D eigenvalue weighted by Gasteiger charge is 2.43. The standard InChI is InChI=1S/C22H27ClN2O2/c1-12-9-19(23)25-17-10-16-18(11-15(12)17)27-22(3,4)21(26)20(16)24-13(2)14-7-5-6-8-14/h7,9-11,13,20-21,24,26H,5-6,8H2,1-4H3. The maximum atomic E-state index is 11.1. The summed E-state index contributed by atoms with van der Waals surface area (Å²) in [5, 5.41) is 16.2. The van der Waals surface area contributed by atoms with Crippen LogP contribution in [-0.2, 0) is 0 Å². The fraction of sp³-hybridized carbons (Fsp3) is 0.500. The maximum Gasteiger partial charge on any atom is 0.131 e. The van der Waals surface area contributed by atoms with Crippen LogP contribution < -0.4 is 10.1 Å². The van der Waals surface area contributed by atoms with Crippen LogP contribution in [0.4, 0.5) is 0 Å². The third-order valence-corrected chi connectivity index (χ3v) is 6.11. The van der Waals surface area contributed by atoms with Gasteiger partial charge < -0.3 is 15.2 Å². The number of nitrogens with one attached hydrogen (secondary N) is 1. The molecule has 0 amide bonds. The third kappa shape index (κ3) is 3.35. The molecule has 0 saturated carbocycles. The number of hydrogen-bond acceptors (Lipinski definition) is 4. The Morgan fingerprint density at radius 2 is 2.11 bits per heavy atom. The Kier molecular flexibility index (Phi) is 4.69. The molecule has 3 unspecified atom stereocenters. The number of rotatable bonds is 3. The fourth-order valence-electron chi connectivity index (χ4n) is 4.29. The van der Waals surface area contributed by atoms with E-state index in [-0.39, 0.29) is 12.1 Å². The van der Waals surface area contributed by atoms with Crippen LogP contribution in [0.15, 0.2) is 29.8 Å². The number of hydrogen-bond donors (Lipinski definition) is 2. The van der Waals surface area contributed by atoms with Gasteiger partial charge in [-0.25, -0.2) is 4.98 Å². The van der Waals surface area contributed by atoms with Crippen LogP contribution in [-0.4, -0.2) is 27.8 Å². The third-order valence-electron chi connectivity index (χ3n) is 5.91. The van der Waals surface area contributed by atoms with Gasteiger partial charge in [-0.05, 0) is 70.7 Å². The first-order valence-electron chi connectivity index (χ1n) is 9.69. The van der Waals surface area contributed by atoms with Gasteiger partial charge in [-0.3, -0.25) is 0 Å². The van der Waals surface area contributed by atoms with E-state index in [9.17, 15) is 5.11 Å². The SMILES string of the molecule is Cc1cc(Cl)nc2cc3c(cc12)OC(C)(C)C(O)C3NC(C)C1=CCCC1. The van der Waals surface area contributed by atoms with E-state index in [1.807, 2.05) is 39.0 Å². The first-order valence-corrected chi connectivity index (χ1v) is 10.1. The molecule has 3 atom stereocenters. The zero-order valence-electron chi connectivity index (χ0n) is 16.3. The number of ether oxygens (including phenoxy) is 1. The molecule has 4 rings (SSSR count). The fourth-order valence-corrected chi connectivity index (χ4v) is 4.54. The van der Waals surface area contributed by atoms with Crippen molar-refractivity contribution in [2.75, 3.05) is 0 Å². The van der Waals surface area contributed by atoms with Crippen LogP contribution in [0.5, 0.6) is 5.75 Å². The second-order valence-electron chi connectivity index (χ2n) is 8.36. The van der Waals surface area contributed by atoms with Crippen LogP contribution in [0.3, 0.4) is 0 Å². The van der Waals surface area contributed by atoms with Crippen LogP contribution in [0.1, 0.15) is 57.2 Å². The van der Waals surface area contributed by atoms with Crippen molar-refractivity contribution in [3.8, 4) is 5.75 Å². The van der Waals surface area contributed by atoms with Gasteiger partial charge in [-0.15, -0.1) is 0 Å². The highest BCUT2D eigenvalue weighted by atomic mass is 35.5. The van der Waals surface area contributed by atoms with E-state index < -0.39 is 11.7 Å². The molecule has 0 bridgehead atoms. The summed E-state index contributed by atoms with van der Waals surface area (Å²) in [6.07, 6.45) is 5.13. The molecule has 4 nitrogen and oxygen atoms in total. The number of aryl methyl sites for hydroxylation is 1. The van der Waals surface area contributed by atoms with Crippen LogP contribution >= 0.6 is 11.6 Å². The van der Waals surface area contributed by atoms with Crippen molar-refractivity contribution in [2.24, 2.45) is 0 Å². The van der Waals surface area contributed by atoms with Gasteiger partial charge in [0.2, 0.25) is 0 Å². The molecule has 0 radical (unpaired) electrons. The summed E-state index contributed by atoms with van der Waals surface area (Å²) in [6, 6.07) is 5.88. The first-order chi connectivity index (χ1) is 12.8. The maximum absolute atomic E-state index is 11.1. The lowest BCUT2D eigenvalue weighted by Gasteiger charge is -2.43.